The number of benzene rings is 2. The molecule has 0 aliphatic carbocycles. The van der Waals surface area contributed by atoms with E-state index < -0.39 is 28.4 Å². The fraction of sp³-hybridized carbons (Fsp3) is 0.0909. The Labute approximate surface area is 172 Å². The van der Waals surface area contributed by atoms with E-state index in [0.29, 0.717) is 34.1 Å². The molecule has 0 radical (unpaired) electrons. The SMILES string of the molecule is O=CC1C(c2ccc(F)nc2)=C(c2ccc(C[SH](=O)=O)cc2)Oc2cc(F)ccc21. The summed E-state index contributed by atoms with van der Waals surface area (Å²) in [4.78, 5) is 15.7. The summed E-state index contributed by atoms with van der Waals surface area (Å²) in [6, 6.07) is 13.2. The number of halogens is 2. The maximum atomic E-state index is 13.8. The topological polar surface area (TPSA) is 73.3 Å². The van der Waals surface area contributed by atoms with E-state index in [1.807, 2.05) is 0 Å². The number of thiol groups is 1. The van der Waals surface area contributed by atoms with E-state index in [9.17, 15) is 22.0 Å². The number of pyridine rings is 1. The molecule has 0 bridgehead atoms. The van der Waals surface area contributed by atoms with Gasteiger partial charge in [-0.25, -0.2) is 17.8 Å². The van der Waals surface area contributed by atoms with Crippen LogP contribution in [-0.4, -0.2) is 19.7 Å². The van der Waals surface area contributed by atoms with Crippen molar-refractivity contribution in [3.05, 3.63) is 94.8 Å². The Balaban J connectivity index is 1.91. The van der Waals surface area contributed by atoms with Gasteiger partial charge in [0.2, 0.25) is 5.95 Å². The third-order valence-electron chi connectivity index (χ3n) is 4.78. The molecule has 0 N–H and O–H groups in total. The summed E-state index contributed by atoms with van der Waals surface area (Å²) in [5.41, 5.74) is 2.56. The molecule has 1 aliphatic rings. The van der Waals surface area contributed by atoms with Crippen molar-refractivity contribution < 1.29 is 26.7 Å². The normalized spacial score (nSPS) is 15.6. The minimum absolute atomic E-state index is 0.102. The fourth-order valence-corrected chi connectivity index (χ4v) is 3.94. The van der Waals surface area contributed by atoms with Gasteiger partial charge in [0, 0.05) is 34.5 Å². The van der Waals surface area contributed by atoms with Crippen molar-refractivity contribution in [2.24, 2.45) is 0 Å². The van der Waals surface area contributed by atoms with Crippen molar-refractivity contribution in [1.82, 2.24) is 4.98 Å². The molecular formula is C22H15F2NO4S. The average Bonchev–Trinajstić information content (AvgIpc) is 2.73. The fourth-order valence-electron chi connectivity index (χ4n) is 3.43. The molecule has 1 aromatic heterocycles. The highest BCUT2D eigenvalue weighted by Gasteiger charge is 2.32. The van der Waals surface area contributed by atoms with Gasteiger partial charge in [0.05, 0.1) is 11.7 Å². The molecule has 0 spiro atoms. The molecule has 8 heteroatoms. The first-order valence-corrected chi connectivity index (χ1v) is 10.3. The minimum Gasteiger partial charge on any atom is -0.456 e. The van der Waals surface area contributed by atoms with E-state index in [1.165, 1.54) is 36.5 Å². The number of carbonyl (C=O) groups excluding carboxylic acids is 1. The van der Waals surface area contributed by atoms with E-state index in [4.69, 9.17) is 4.74 Å². The van der Waals surface area contributed by atoms with Gasteiger partial charge in [0.1, 0.15) is 34.3 Å². The summed E-state index contributed by atoms with van der Waals surface area (Å²) in [6.07, 6.45) is 2.02. The maximum absolute atomic E-state index is 13.8. The van der Waals surface area contributed by atoms with E-state index >= 15 is 0 Å². The Morgan fingerprint density at radius 2 is 1.73 bits per heavy atom. The summed E-state index contributed by atoms with van der Waals surface area (Å²) in [7, 11) is -2.57. The summed E-state index contributed by atoms with van der Waals surface area (Å²) in [5.74, 6) is -1.58. The summed E-state index contributed by atoms with van der Waals surface area (Å²) >= 11 is 0. The zero-order valence-corrected chi connectivity index (χ0v) is 16.3. The number of hydrogen-bond acceptors (Lipinski definition) is 5. The largest absolute Gasteiger partial charge is 0.456 e. The van der Waals surface area contributed by atoms with Gasteiger partial charge in [-0.1, -0.05) is 30.3 Å². The molecule has 2 heterocycles. The Hall–Kier alpha value is -3.39. The number of hydrogen-bond donors (Lipinski definition) is 1. The lowest BCUT2D eigenvalue weighted by Crippen LogP contribution is -2.16. The van der Waals surface area contributed by atoms with Crippen LogP contribution < -0.4 is 4.74 Å². The van der Waals surface area contributed by atoms with E-state index in [0.717, 1.165) is 0 Å². The Bertz CT molecular complexity index is 1210. The standard InChI is InChI=1S/C22H15F2NO4S/c23-16-6-7-17-18(11-26)21(15-5-8-20(24)25-10-15)22(29-19(17)9-16)14-3-1-13(2-4-14)12-30(27)28/h1-11,18,30H,12H2. The highest BCUT2D eigenvalue weighted by Crippen LogP contribution is 2.46. The number of rotatable bonds is 5. The number of aldehydes is 1. The predicted octanol–water partition coefficient (Wildman–Crippen LogP) is 3.71. The highest BCUT2D eigenvalue weighted by atomic mass is 32.2. The zero-order valence-electron chi connectivity index (χ0n) is 15.4. The van der Waals surface area contributed by atoms with Gasteiger partial charge in [-0.15, -0.1) is 0 Å². The van der Waals surface area contributed by atoms with Gasteiger partial charge < -0.3 is 9.53 Å². The van der Waals surface area contributed by atoms with E-state index in [-0.39, 0.29) is 17.3 Å². The molecule has 1 atom stereocenters. The maximum Gasteiger partial charge on any atom is 0.212 e. The molecule has 0 fully saturated rings. The zero-order chi connectivity index (χ0) is 21.3. The molecule has 5 nitrogen and oxygen atoms in total. The second-order valence-corrected chi connectivity index (χ2v) is 7.68. The molecule has 152 valence electrons. The van der Waals surface area contributed by atoms with Crippen LogP contribution in [0.15, 0.2) is 60.8 Å². The van der Waals surface area contributed by atoms with Crippen molar-refractivity contribution >= 4 is 28.3 Å². The van der Waals surface area contributed by atoms with Gasteiger partial charge >= 0.3 is 0 Å². The van der Waals surface area contributed by atoms with E-state index in [2.05, 4.69) is 4.98 Å². The lowest BCUT2D eigenvalue weighted by Gasteiger charge is -2.28. The van der Waals surface area contributed by atoms with Gasteiger partial charge in [-0.3, -0.25) is 0 Å². The molecule has 0 amide bonds. The second-order valence-electron chi connectivity index (χ2n) is 6.70. The van der Waals surface area contributed by atoms with Crippen molar-refractivity contribution in [3.8, 4) is 5.75 Å². The van der Waals surface area contributed by atoms with Crippen molar-refractivity contribution in [3.63, 3.8) is 0 Å². The molecule has 1 unspecified atom stereocenters. The third-order valence-corrected chi connectivity index (χ3v) is 5.40. The van der Waals surface area contributed by atoms with Crippen LogP contribution in [0.2, 0.25) is 0 Å². The molecule has 3 aromatic rings. The van der Waals surface area contributed by atoms with Crippen LogP contribution >= 0.6 is 0 Å². The number of aromatic nitrogens is 1. The van der Waals surface area contributed by atoms with Crippen LogP contribution in [0.3, 0.4) is 0 Å². The minimum atomic E-state index is -2.57. The molecule has 1 aliphatic heterocycles. The molecule has 2 aromatic carbocycles. The molecule has 30 heavy (non-hydrogen) atoms. The second kappa shape index (κ2) is 8.16. The Kier molecular flexibility index (Phi) is 5.41. The first-order valence-electron chi connectivity index (χ1n) is 8.96. The highest BCUT2D eigenvalue weighted by molar-refractivity contribution is 7.71. The predicted molar refractivity (Wildman–Crippen MR) is 107 cm³/mol. The Morgan fingerprint density at radius 3 is 2.37 bits per heavy atom. The number of carbonyl (C=O) groups is 1. The van der Waals surface area contributed by atoms with E-state index in [1.54, 1.807) is 24.3 Å². The smallest absolute Gasteiger partial charge is 0.212 e. The van der Waals surface area contributed by atoms with Crippen LogP contribution in [0.25, 0.3) is 11.3 Å². The lowest BCUT2D eigenvalue weighted by molar-refractivity contribution is -0.108. The quantitative estimate of drug-likeness (QED) is 0.382. The molecule has 4 rings (SSSR count). The first kappa shape index (κ1) is 19.9. The molecule has 0 saturated carbocycles. The van der Waals surface area contributed by atoms with Gasteiger partial charge in [0.25, 0.3) is 0 Å². The average molecular weight is 427 g/mol. The Morgan fingerprint density at radius 1 is 1.00 bits per heavy atom. The first-order chi connectivity index (χ1) is 14.5. The van der Waals surface area contributed by atoms with Crippen LogP contribution in [0.1, 0.15) is 28.2 Å². The van der Waals surface area contributed by atoms with Gasteiger partial charge in [-0.2, -0.15) is 4.39 Å². The monoisotopic (exact) mass is 427 g/mol. The van der Waals surface area contributed by atoms with Gasteiger partial charge in [0.15, 0.2) is 0 Å². The lowest BCUT2D eigenvalue weighted by atomic mass is 9.84. The van der Waals surface area contributed by atoms with Crippen LogP contribution in [0.4, 0.5) is 8.78 Å². The summed E-state index contributed by atoms with van der Waals surface area (Å²) < 4.78 is 55.1. The molecule has 0 saturated heterocycles. The van der Waals surface area contributed by atoms with Crippen molar-refractivity contribution in [1.29, 1.82) is 0 Å². The van der Waals surface area contributed by atoms with Crippen LogP contribution in [0.5, 0.6) is 5.75 Å². The van der Waals surface area contributed by atoms with Gasteiger partial charge in [-0.05, 0) is 23.8 Å². The van der Waals surface area contributed by atoms with Crippen LogP contribution in [0, 0.1) is 11.8 Å². The summed E-state index contributed by atoms with van der Waals surface area (Å²) in [5, 5.41) is 0. The molecular weight excluding hydrogens is 412 g/mol. The third kappa shape index (κ3) is 3.86. The number of fused-ring (bicyclic) bond motifs is 1. The van der Waals surface area contributed by atoms with Crippen LogP contribution in [-0.2, 0) is 21.3 Å². The van der Waals surface area contributed by atoms with Crippen molar-refractivity contribution in [2.75, 3.05) is 0 Å². The number of ether oxygens (including phenoxy) is 1. The number of nitrogens with zero attached hydrogens (tertiary/aromatic N) is 1. The van der Waals surface area contributed by atoms with Crippen molar-refractivity contribution in [2.45, 2.75) is 11.7 Å². The number of allylic oxidation sites excluding steroid dienone is 1. The summed E-state index contributed by atoms with van der Waals surface area (Å²) in [6.45, 7) is 0.